The van der Waals surface area contributed by atoms with Gasteiger partial charge in [0.15, 0.2) is 0 Å². The van der Waals surface area contributed by atoms with Crippen LogP contribution < -0.4 is 0 Å². The van der Waals surface area contributed by atoms with Gasteiger partial charge in [0.05, 0.1) is 5.60 Å². The molecule has 0 aromatic carbocycles. The Bertz CT molecular complexity index is 243. The highest BCUT2D eigenvalue weighted by Gasteiger charge is 2.52. The quantitative estimate of drug-likeness (QED) is 0.599. The van der Waals surface area contributed by atoms with Crippen LogP contribution in [0.5, 0.6) is 0 Å². The fourth-order valence-corrected chi connectivity index (χ4v) is 3.90. The summed E-state index contributed by atoms with van der Waals surface area (Å²) in [4.78, 5) is 10.7. The van der Waals surface area contributed by atoms with Gasteiger partial charge in [-0.25, -0.2) is 0 Å². The summed E-state index contributed by atoms with van der Waals surface area (Å²) in [6.45, 7) is 0. The molecule has 0 amide bonds. The van der Waals surface area contributed by atoms with Crippen LogP contribution in [0.25, 0.3) is 0 Å². The zero-order valence-electron chi connectivity index (χ0n) is 8.58. The predicted molar refractivity (Wildman–Crippen MR) is 53.0 cm³/mol. The Morgan fingerprint density at radius 1 is 1.14 bits per heavy atom. The van der Waals surface area contributed by atoms with Crippen molar-refractivity contribution in [2.24, 2.45) is 11.8 Å². The average Bonchev–Trinajstić information content (AvgIpc) is 2.63. The molecule has 3 aliphatic carbocycles. The minimum Gasteiger partial charge on any atom is -0.364 e. The number of aldehydes is 1. The zero-order chi connectivity index (χ0) is 9.60. The number of carbonyl (C=O) groups excluding carboxylic acids is 1. The Labute approximate surface area is 85.0 Å². The Hall–Kier alpha value is -0.370. The predicted octanol–water partition coefficient (Wildman–Crippen LogP) is 2.31. The van der Waals surface area contributed by atoms with E-state index in [0.717, 1.165) is 31.0 Å². The van der Waals surface area contributed by atoms with Crippen LogP contribution in [0, 0.1) is 11.8 Å². The van der Waals surface area contributed by atoms with Gasteiger partial charge in [0, 0.05) is 0 Å². The first kappa shape index (κ1) is 8.90. The Kier molecular flexibility index (Phi) is 1.94. The summed E-state index contributed by atoms with van der Waals surface area (Å²) < 4.78 is 6.00. The Balaban J connectivity index is 1.81. The SMILES string of the molecule is O=CC1CCC2(CC3CCC2CC3)O1. The van der Waals surface area contributed by atoms with E-state index in [1.165, 1.54) is 32.1 Å². The van der Waals surface area contributed by atoms with Gasteiger partial charge in [-0.3, -0.25) is 0 Å². The van der Waals surface area contributed by atoms with Gasteiger partial charge < -0.3 is 9.53 Å². The molecular weight excluding hydrogens is 176 g/mol. The zero-order valence-corrected chi connectivity index (χ0v) is 8.58. The lowest BCUT2D eigenvalue weighted by Crippen LogP contribution is -2.47. The van der Waals surface area contributed by atoms with Gasteiger partial charge in [-0.05, 0) is 56.8 Å². The van der Waals surface area contributed by atoms with E-state index in [1.54, 1.807) is 0 Å². The Morgan fingerprint density at radius 3 is 2.43 bits per heavy atom. The van der Waals surface area contributed by atoms with Gasteiger partial charge in [-0.2, -0.15) is 0 Å². The maximum atomic E-state index is 10.7. The monoisotopic (exact) mass is 194 g/mol. The van der Waals surface area contributed by atoms with Crippen molar-refractivity contribution in [2.45, 2.75) is 56.7 Å². The minimum absolute atomic E-state index is 0.0886. The first-order chi connectivity index (χ1) is 6.82. The number of hydrogen-bond donors (Lipinski definition) is 0. The molecule has 0 radical (unpaired) electrons. The number of fused-ring (bicyclic) bond motifs is 2. The average molecular weight is 194 g/mol. The molecule has 78 valence electrons. The lowest BCUT2D eigenvalue weighted by Gasteiger charge is -2.49. The molecule has 2 atom stereocenters. The van der Waals surface area contributed by atoms with Crippen LogP contribution in [0.4, 0.5) is 0 Å². The number of hydrogen-bond acceptors (Lipinski definition) is 2. The minimum atomic E-state index is -0.0886. The van der Waals surface area contributed by atoms with E-state index in [4.69, 9.17) is 4.74 Å². The molecule has 3 saturated carbocycles. The van der Waals surface area contributed by atoms with Gasteiger partial charge >= 0.3 is 0 Å². The summed E-state index contributed by atoms with van der Waals surface area (Å²) in [5.41, 5.74) is 0.132. The van der Waals surface area contributed by atoms with Gasteiger partial charge in [0.1, 0.15) is 12.4 Å². The molecule has 1 saturated heterocycles. The molecule has 2 unspecified atom stereocenters. The van der Waals surface area contributed by atoms with Crippen molar-refractivity contribution in [3.05, 3.63) is 0 Å². The maximum Gasteiger partial charge on any atom is 0.148 e. The molecule has 2 bridgehead atoms. The smallest absolute Gasteiger partial charge is 0.148 e. The lowest BCUT2D eigenvalue weighted by atomic mass is 9.61. The van der Waals surface area contributed by atoms with E-state index >= 15 is 0 Å². The number of rotatable bonds is 1. The normalized spacial score (nSPS) is 51.3. The van der Waals surface area contributed by atoms with Crippen molar-refractivity contribution in [3.8, 4) is 0 Å². The first-order valence-electron chi connectivity index (χ1n) is 5.95. The third-order valence-corrected chi connectivity index (χ3v) is 4.61. The molecule has 4 aliphatic rings. The molecule has 14 heavy (non-hydrogen) atoms. The van der Waals surface area contributed by atoms with Gasteiger partial charge in [-0.1, -0.05) is 0 Å². The second kappa shape index (κ2) is 3.06. The summed E-state index contributed by atoms with van der Waals surface area (Å²) in [5, 5.41) is 0. The summed E-state index contributed by atoms with van der Waals surface area (Å²) >= 11 is 0. The fraction of sp³-hybridized carbons (Fsp3) is 0.917. The van der Waals surface area contributed by atoms with E-state index in [0.29, 0.717) is 0 Å². The number of ether oxygens (including phenoxy) is 1. The number of carbonyl (C=O) groups is 1. The summed E-state index contributed by atoms with van der Waals surface area (Å²) in [5.74, 6) is 1.66. The highest BCUT2D eigenvalue weighted by atomic mass is 16.5. The third-order valence-electron chi connectivity index (χ3n) is 4.61. The van der Waals surface area contributed by atoms with Crippen molar-refractivity contribution in [1.82, 2.24) is 0 Å². The maximum absolute atomic E-state index is 10.7. The van der Waals surface area contributed by atoms with E-state index in [-0.39, 0.29) is 11.7 Å². The largest absolute Gasteiger partial charge is 0.364 e. The molecule has 1 heterocycles. The summed E-state index contributed by atoms with van der Waals surface area (Å²) in [7, 11) is 0. The molecule has 0 aromatic heterocycles. The van der Waals surface area contributed by atoms with E-state index in [9.17, 15) is 4.79 Å². The van der Waals surface area contributed by atoms with Crippen LogP contribution in [0.15, 0.2) is 0 Å². The molecule has 4 fully saturated rings. The van der Waals surface area contributed by atoms with Crippen LogP contribution >= 0.6 is 0 Å². The third kappa shape index (κ3) is 1.16. The van der Waals surface area contributed by atoms with Crippen molar-refractivity contribution < 1.29 is 9.53 Å². The van der Waals surface area contributed by atoms with Crippen LogP contribution in [0.3, 0.4) is 0 Å². The topological polar surface area (TPSA) is 26.3 Å². The van der Waals surface area contributed by atoms with Crippen molar-refractivity contribution in [1.29, 1.82) is 0 Å². The van der Waals surface area contributed by atoms with Crippen LogP contribution in [-0.4, -0.2) is 18.0 Å². The molecule has 0 N–H and O–H groups in total. The fourth-order valence-electron chi connectivity index (χ4n) is 3.90. The van der Waals surface area contributed by atoms with Crippen LogP contribution in [-0.2, 0) is 9.53 Å². The molecule has 2 nitrogen and oxygen atoms in total. The molecule has 1 spiro atoms. The van der Waals surface area contributed by atoms with E-state index in [2.05, 4.69) is 0 Å². The standard InChI is InChI=1S/C12H18O2/c13-8-11-5-6-12(14-11)7-9-1-3-10(12)4-2-9/h8-11H,1-7H2. The molecule has 2 heteroatoms. The van der Waals surface area contributed by atoms with Gasteiger partial charge in [-0.15, -0.1) is 0 Å². The van der Waals surface area contributed by atoms with Crippen molar-refractivity contribution >= 4 is 6.29 Å². The molecule has 1 aliphatic heterocycles. The molecular formula is C12H18O2. The summed E-state index contributed by atoms with van der Waals surface area (Å²) in [6, 6.07) is 0. The van der Waals surface area contributed by atoms with Crippen LogP contribution in [0.2, 0.25) is 0 Å². The lowest BCUT2D eigenvalue weighted by molar-refractivity contribution is -0.146. The first-order valence-corrected chi connectivity index (χ1v) is 5.95. The van der Waals surface area contributed by atoms with Crippen molar-refractivity contribution in [3.63, 3.8) is 0 Å². The second-order valence-electron chi connectivity index (χ2n) is 5.32. The highest BCUT2D eigenvalue weighted by molar-refractivity contribution is 5.56. The van der Waals surface area contributed by atoms with Gasteiger partial charge in [0.25, 0.3) is 0 Å². The van der Waals surface area contributed by atoms with Crippen LogP contribution in [0.1, 0.15) is 44.9 Å². The Morgan fingerprint density at radius 2 is 1.93 bits per heavy atom. The summed E-state index contributed by atoms with van der Waals surface area (Å²) in [6.07, 6.45) is 9.74. The highest BCUT2D eigenvalue weighted by Crippen LogP contribution is 2.54. The van der Waals surface area contributed by atoms with Crippen molar-refractivity contribution in [2.75, 3.05) is 0 Å². The molecule has 4 rings (SSSR count). The second-order valence-corrected chi connectivity index (χ2v) is 5.32. The molecule has 0 aromatic rings. The van der Waals surface area contributed by atoms with E-state index < -0.39 is 0 Å². The van der Waals surface area contributed by atoms with Gasteiger partial charge in [0.2, 0.25) is 0 Å². The van der Waals surface area contributed by atoms with E-state index in [1.807, 2.05) is 0 Å².